The summed E-state index contributed by atoms with van der Waals surface area (Å²) in [7, 11) is 0. The topological polar surface area (TPSA) is 56.2 Å². The molecule has 0 bridgehead atoms. The number of hydrogen-bond donors (Lipinski definition) is 1. The van der Waals surface area contributed by atoms with Crippen LogP contribution in [0.15, 0.2) is 24.4 Å². The highest BCUT2D eigenvalue weighted by atomic mass is 15.3. The van der Waals surface area contributed by atoms with Gasteiger partial charge in [0.1, 0.15) is 0 Å². The van der Waals surface area contributed by atoms with Crippen LogP contribution >= 0.6 is 0 Å². The van der Waals surface area contributed by atoms with Gasteiger partial charge in [-0.1, -0.05) is 6.07 Å². The van der Waals surface area contributed by atoms with Crippen molar-refractivity contribution in [2.45, 2.75) is 18.4 Å². The molecule has 2 aromatic heterocycles. The molecule has 0 aromatic carbocycles. The monoisotopic (exact) mass is 174 g/mol. The Morgan fingerprint density at radius 2 is 2.15 bits per heavy atom. The lowest BCUT2D eigenvalue weighted by molar-refractivity contribution is 0.661. The van der Waals surface area contributed by atoms with E-state index >= 15 is 0 Å². The highest BCUT2D eigenvalue weighted by Gasteiger charge is 2.44. The van der Waals surface area contributed by atoms with Crippen LogP contribution in [0.25, 0.3) is 5.65 Å². The van der Waals surface area contributed by atoms with E-state index in [0.717, 1.165) is 24.3 Å². The summed E-state index contributed by atoms with van der Waals surface area (Å²) in [5.41, 5.74) is 6.72. The van der Waals surface area contributed by atoms with Gasteiger partial charge in [-0.3, -0.25) is 4.40 Å². The summed E-state index contributed by atoms with van der Waals surface area (Å²) in [6.45, 7) is 0. The average molecular weight is 174 g/mol. The Kier molecular flexibility index (Phi) is 1.13. The van der Waals surface area contributed by atoms with Gasteiger partial charge in [-0.05, 0) is 25.0 Å². The van der Waals surface area contributed by atoms with Crippen LogP contribution < -0.4 is 5.73 Å². The van der Waals surface area contributed by atoms with E-state index in [1.54, 1.807) is 0 Å². The van der Waals surface area contributed by atoms with Gasteiger partial charge in [0.15, 0.2) is 11.5 Å². The van der Waals surface area contributed by atoms with Crippen LogP contribution in [0.2, 0.25) is 0 Å². The van der Waals surface area contributed by atoms with Crippen molar-refractivity contribution in [3.63, 3.8) is 0 Å². The molecule has 4 heteroatoms. The van der Waals surface area contributed by atoms with Crippen LogP contribution in [0.1, 0.15) is 18.7 Å². The molecule has 1 fully saturated rings. The Morgan fingerprint density at radius 3 is 2.92 bits per heavy atom. The lowest BCUT2D eigenvalue weighted by atomic mass is 10.3. The molecule has 0 unspecified atom stereocenters. The molecule has 0 aliphatic heterocycles. The normalized spacial score (nSPS) is 19.2. The van der Waals surface area contributed by atoms with E-state index in [4.69, 9.17) is 5.73 Å². The van der Waals surface area contributed by atoms with Gasteiger partial charge in [-0.2, -0.15) is 0 Å². The summed E-state index contributed by atoms with van der Waals surface area (Å²) < 4.78 is 1.97. The molecule has 0 atom stereocenters. The first-order valence-corrected chi connectivity index (χ1v) is 4.39. The standard InChI is InChI=1S/C9H10N4/c10-9(4-5-9)8-12-11-7-3-1-2-6-13(7)8/h1-3,6H,4-5,10H2. The molecule has 2 aromatic rings. The Balaban J connectivity index is 2.30. The largest absolute Gasteiger partial charge is 0.319 e. The minimum Gasteiger partial charge on any atom is -0.319 e. The third-order valence-corrected chi connectivity index (χ3v) is 2.55. The molecule has 1 aliphatic carbocycles. The van der Waals surface area contributed by atoms with E-state index in [9.17, 15) is 0 Å². The molecule has 0 spiro atoms. The van der Waals surface area contributed by atoms with Crippen molar-refractivity contribution < 1.29 is 0 Å². The molecule has 1 aliphatic rings. The lowest BCUT2D eigenvalue weighted by Crippen LogP contribution is -2.22. The Bertz CT molecular complexity index is 455. The molecule has 2 N–H and O–H groups in total. The zero-order valence-electron chi connectivity index (χ0n) is 7.14. The molecule has 2 heterocycles. The quantitative estimate of drug-likeness (QED) is 0.691. The van der Waals surface area contributed by atoms with Crippen LogP contribution in [0, 0.1) is 0 Å². The second-order valence-corrected chi connectivity index (χ2v) is 3.61. The van der Waals surface area contributed by atoms with Crippen LogP contribution in [0.5, 0.6) is 0 Å². The van der Waals surface area contributed by atoms with Gasteiger partial charge in [-0.25, -0.2) is 0 Å². The third kappa shape index (κ3) is 0.890. The second-order valence-electron chi connectivity index (χ2n) is 3.61. The minimum absolute atomic E-state index is 0.208. The number of pyridine rings is 1. The van der Waals surface area contributed by atoms with Crippen molar-refractivity contribution >= 4 is 5.65 Å². The molecule has 1 saturated carbocycles. The number of aromatic nitrogens is 3. The van der Waals surface area contributed by atoms with E-state index in [-0.39, 0.29) is 5.54 Å². The maximum absolute atomic E-state index is 6.06. The molecule has 0 radical (unpaired) electrons. The number of fused-ring (bicyclic) bond motifs is 1. The third-order valence-electron chi connectivity index (χ3n) is 2.55. The summed E-state index contributed by atoms with van der Waals surface area (Å²) >= 11 is 0. The van der Waals surface area contributed by atoms with E-state index in [1.165, 1.54) is 0 Å². The number of rotatable bonds is 1. The van der Waals surface area contributed by atoms with E-state index < -0.39 is 0 Å². The molecule has 3 rings (SSSR count). The summed E-state index contributed by atoms with van der Waals surface area (Å²) in [5, 5.41) is 8.18. The van der Waals surface area contributed by atoms with E-state index in [2.05, 4.69) is 10.2 Å². The van der Waals surface area contributed by atoms with Crippen LogP contribution in [-0.4, -0.2) is 14.6 Å². The summed E-state index contributed by atoms with van der Waals surface area (Å²) in [5.74, 6) is 0.892. The van der Waals surface area contributed by atoms with Crippen molar-refractivity contribution in [2.24, 2.45) is 5.73 Å². The second kappa shape index (κ2) is 2.09. The molecular weight excluding hydrogens is 164 g/mol. The van der Waals surface area contributed by atoms with Crippen LogP contribution in [0.4, 0.5) is 0 Å². The molecule has 66 valence electrons. The van der Waals surface area contributed by atoms with E-state index in [1.807, 2.05) is 28.8 Å². The van der Waals surface area contributed by atoms with Gasteiger partial charge in [0.25, 0.3) is 0 Å². The van der Waals surface area contributed by atoms with Crippen molar-refractivity contribution in [1.82, 2.24) is 14.6 Å². The zero-order chi connectivity index (χ0) is 8.89. The smallest absolute Gasteiger partial charge is 0.160 e. The summed E-state index contributed by atoms with van der Waals surface area (Å²) in [4.78, 5) is 0. The Hall–Kier alpha value is -1.42. The fourth-order valence-corrected chi connectivity index (χ4v) is 1.54. The van der Waals surface area contributed by atoms with Gasteiger partial charge in [0.2, 0.25) is 0 Å². The molecule has 0 amide bonds. The van der Waals surface area contributed by atoms with Gasteiger partial charge in [0, 0.05) is 6.20 Å². The first-order valence-electron chi connectivity index (χ1n) is 4.39. The van der Waals surface area contributed by atoms with Gasteiger partial charge < -0.3 is 5.73 Å². The average Bonchev–Trinajstić information content (AvgIpc) is 2.76. The molecular formula is C9H10N4. The van der Waals surface area contributed by atoms with Crippen molar-refractivity contribution in [2.75, 3.05) is 0 Å². The van der Waals surface area contributed by atoms with Crippen LogP contribution in [0.3, 0.4) is 0 Å². The summed E-state index contributed by atoms with van der Waals surface area (Å²) in [6, 6.07) is 5.84. The van der Waals surface area contributed by atoms with E-state index in [0.29, 0.717) is 0 Å². The first kappa shape index (κ1) is 7.03. The van der Waals surface area contributed by atoms with Crippen molar-refractivity contribution in [3.05, 3.63) is 30.2 Å². The SMILES string of the molecule is NC1(c2nnc3ccccn23)CC1. The fraction of sp³-hybridized carbons (Fsp3) is 0.333. The highest BCUT2D eigenvalue weighted by molar-refractivity contribution is 5.39. The first-order chi connectivity index (χ1) is 6.30. The Labute approximate surface area is 75.4 Å². The Morgan fingerprint density at radius 1 is 1.31 bits per heavy atom. The summed E-state index contributed by atoms with van der Waals surface area (Å²) in [6.07, 6.45) is 3.99. The number of nitrogens with two attached hydrogens (primary N) is 1. The van der Waals surface area contributed by atoms with Crippen molar-refractivity contribution in [3.8, 4) is 0 Å². The predicted octanol–water partition coefficient (Wildman–Crippen LogP) is 0.677. The fourth-order valence-electron chi connectivity index (χ4n) is 1.54. The maximum atomic E-state index is 6.06. The van der Waals surface area contributed by atoms with Gasteiger partial charge in [-0.15, -0.1) is 10.2 Å². The maximum Gasteiger partial charge on any atom is 0.160 e. The molecule has 13 heavy (non-hydrogen) atoms. The highest BCUT2D eigenvalue weighted by Crippen LogP contribution is 2.41. The van der Waals surface area contributed by atoms with Crippen LogP contribution in [-0.2, 0) is 5.54 Å². The number of hydrogen-bond acceptors (Lipinski definition) is 3. The lowest BCUT2D eigenvalue weighted by Gasteiger charge is -2.04. The van der Waals surface area contributed by atoms with Crippen molar-refractivity contribution in [1.29, 1.82) is 0 Å². The predicted molar refractivity (Wildman–Crippen MR) is 48.1 cm³/mol. The number of nitrogens with zero attached hydrogens (tertiary/aromatic N) is 3. The minimum atomic E-state index is -0.208. The zero-order valence-corrected chi connectivity index (χ0v) is 7.14. The molecule has 0 saturated heterocycles. The van der Waals surface area contributed by atoms with Gasteiger partial charge in [0.05, 0.1) is 5.54 Å². The molecule has 4 nitrogen and oxygen atoms in total. The van der Waals surface area contributed by atoms with Gasteiger partial charge >= 0.3 is 0 Å².